The minimum absolute atomic E-state index is 0.0738. The average Bonchev–Trinajstić information content (AvgIpc) is 3.47. The van der Waals surface area contributed by atoms with Crippen LogP contribution in [0.15, 0.2) is 40.9 Å². The van der Waals surface area contributed by atoms with Gasteiger partial charge in [-0.3, -0.25) is 4.79 Å². The molecule has 0 aliphatic carbocycles. The number of fused-ring (bicyclic) bond motifs is 1. The average molecular weight is 437 g/mol. The first-order chi connectivity index (χ1) is 15.6. The highest BCUT2D eigenvalue weighted by atomic mass is 19.1. The molecule has 1 saturated heterocycles. The van der Waals surface area contributed by atoms with E-state index in [1.54, 1.807) is 12.1 Å². The molecule has 166 valence electrons. The molecule has 0 radical (unpaired) electrons. The molecule has 0 N–H and O–H groups in total. The van der Waals surface area contributed by atoms with Crippen LogP contribution in [0.2, 0.25) is 0 Å². The molecule has 1 fully saturated rings. The zero-order chi connectivity index (χ0) is 22.1. The number of carbonyl (C=O) groups is 1. The maximum atomic E-state index is 13.3. The van der Waals surface area contributed by atoms with Crippen molar-refractivity contribution in [1.82, 2.24) is 15.0 Å². The number of nitrogens with zero attached hydrogens (tertiary/aromatic N) is 3. The van der Waals surface area contributed by atoms with Crippen molar-refractivity contribution in [2.75, 3.05) is 13.2 Å². The Morgan fingerprint density at radius 3 is 2.88 bits per heavy atom. The normalized spacial score (nSPS) is 17.9. The highest BCUT2D eigenvalue weighted by Gasteiger charge is 2.30. The van der Waals surface area contributed by atoms with Crippen LogP contribution in [0.5, 0.6) is 5.88 Å². The predicted octanol–water partition coefficient (Wildman–Crippen LogP) is 3.83. The first kappa shape index (κ1) is 20.6. The molecule has 2 aromatic heterocycles. The molecule has 0 bridgehead atoms. The van der Waals surface area contributed by atoms with Crippen LogP contribution < -0.4 is 4.74 Å². The highest BCUT2D eigenvalue weighted by Crippen LogP contribution is 2.28. The third-order valence-corrected chi connectivity index (χ3v) is 6.01. The lowest BCUT2D eigenvalue weighted by Gasteiger charge is -2.30. The van der Waals surface area contributed by atoms with Gasteiger partial charge in [-0.15, -0.1) is 0 Å². The first-order valence-corrected chi connectivity index (χ1v) is 10.8. The molecule has 1 aromatic carbocycles. The van der Waals surface area contributed by atoms with Crippen LogP contribution in [-0.2, 0) is 29.1 Å². The smallest absolute Gasteiger partial charge is 0.252 e. The summed E-state index contributed by atoms with van der Waals surface area (Å²) in [5.74, 6) is 0.921. The number of pyridine rings is 1. The molecule has 0 saturated carbocycles. The highest BCUT2D eigenvalue weighted by molar-refractivity contribution is 5.81. The van der Waals surface area contributed by atoms with Gasteiger partial charge in [0.25, 0.3) is 5.91 Å². The molecular weight excluding hydrogens is 413 g/mol. The Morgan fingerprint density at radius 1 is 1.25 bits per heavy atom. The molecule has 3 aromatic rings. The summed E-state index contributed by atoms with van der Waals surface area (Å²) in [6.07, 6.45) is 2.12. The molecule has 1 atom stereocenters. The van der Waals surface area contributed by atoms with E-state index in [1.165, 1.54) is 12.1 Å². The number of rotatable bonds is 5. The van der Waals surface area contributed by atoms with E-state index in [4.69, 9.17) is 14.0 Å². The summed E-state index contributed by atoms with van der Waals surface area (Å²) in [5.41, 5.74) is 4.16. The minimum atomic E-state index is -0.305. The molecular formula is C24H24FN3O4. The number of hydrogen-bond donors (Lipinski definition) is 0. The van der Waals surface area contributed by atoms with E-state index in [9.17, 15) is 9.18 Å². The van der Waals surface area contributed by atoms with Crippen molar-refractivity contribution >= 4 is 5.91 Å². The van der Waals surface area contributed by atoms with E-state index >= 15 is 0 Å². The van der Waals surface area contributed by atoms with Gasteiger partial charge in [0.05, 0.1) is 11.3 Å². The summed E-state index contributed by atoms with van der Waals surface area (Å²) in [7, 11) is 0. The van der Waals surface area contributed by atoms with E-state index in [1.807, 2.05) is 24.0 Å². The number of carbonyl (C=O) groups excluding carboxylic acids is 1. The third-order valence-electron chi connectivity index (χ3n) is 6.01. The summed E-state index contributed by atoms with van der Waals surface area (Å²) in [4.78, 5) is 19.1. The van der Waals surface area contributed by atoms with Gasteiger partial charge in [-0.1, -0.05) is 11.2 Å². The maximum Gasteiger partial charge on any atom is 0.252 e. The van der Waals surface area contributed by atoms with Crippen molar-refractivity contribution in [2.45, 2.75) is 45.4 Å². The van der Waals surface area contributed by atoms with Crippen molar-refractivity contribution in [3.05, 3.63) is 64.8 Å². The van der Waals surface area contributed by atoms with Crippen molar-refractivity contribution in [3.63, 3.8) is 0 Å². The molecule has 7 nitrogen and oxygen atoms in total. The predicted molar refractivity (Wildman–Crippen MR) is 113 cm³/mol. The van der Waals surface area contributed by atoms with Crippen LogP contribution in [-0.4, -0.2) is 40.2 Å². The summed E-state index contributed by atoms with van der Waals surface area (Å²) < 4.78 is 30.1. The van der Waals surface area contributed by atoms with Gasteiger partial charge in [-0.05, 0) is 49.6 Å². The number of hydrogen-bond acceptors (Lipinski definition) is 6. The Bertz CT molecular complexity index is 1120. The monoisotopic (exact) mass is 437 g/mol. The molecule has 0 spiro atoms. The fraction of sp³-hybridized carbons (Fsp3) is 0.375. The van der Waals surface area contributed by atoms with E-state index < -0.39 is 0 Å². The van der Waals surface area contributed by atoms with Crippen molar-refractivity contribution in [1.29, 1.82) is 0 Å². The molecule has 5 rings (SSSR count). The van der Waals surface area contributed by atoms with Crippen LogP contribution in [0.4, 0.5) is 4.39 Å². The summed E-state index contributed by atoms with van der Waals surface area (Å²) in [5, 5.41) is 4.11. The third kappa shape index (κ3) is 4.10. The quantitative estimate of drug-likeness (QED) is 0.604. The number of aryl methyl sites for hydroxylation is 1. The molecule has 1 unspecified atom stereocenters. The van der Waals surface area contributed by atoms with Gasteiger partial charge in [-0.2, -0.15) is 0 Å². The fourth-order valence-corrected chi connectivity index (χ4v) is 4.18. The largest absolute Gasteiger partial charge is 0.473 e. The zero-order valence-corrected chi connectivity index (χ0v) is 17.8. The first-order valence-electron chi connectivity index (χ1n) is 10.8. The second-order valence-corrected chi connectivity index (χ2v) is 8.13. The van der Waals surface area contributed by atoms with Crippen LogP contribution in [0, 0.1) is 12.7 Å². The molecule has 1 amide bonds. The Labute approximate surface area is 185 Å². The van der Waals surface area contributed by atoms with Crippen LogP contribution in [0.25, 0.3) is 11.3 Å². The van der Waals surface area contributed by atoms with Gasteiger partial charge < -0.3 is 18.9 Å². The Kier molecular flexibility index (Phi) is 5.61. The molecule has 2 aliphatic heterocycles. The number of benzene rings is 1. The summed E-state index contributed by atoms with van der Waals surface area (Å²) in [6, 6.07) is 9.89. The molecule has 2 aliphatic rings. The molecule has 8 heteroatoms. The summed E-state index contributed by atoms with van der Waals surface area (Å²) in [6.45, 7) is 3.89. The van der Waals surface area contributed by atoms with Gasteiger partial charge >= 0.3 is 0 Å². The fourth-order valence-electron chi connectivity index (χ4n) is 4.18. The van der Waals surface area contributed by atoms with E-state index in [-0.39, 0.29) is 24.4 Å². The lowest BCUT2D eigenvalue weighted by Crippen LogP contribution is -2.42. The van der Waals surface area contributed by atoms with Gasteiger partial charge in [0, 0.05) is 37.7 Å². The van der Waals surface area contributed by atoms with Crippen LogP contribution in [0.3, 0.4) is 0 Å². The van der Waals surface area contributed by atoms with Gasteiger partial charge in [0.2, 0.25) is 5.88 Å². The van der Waals surface area contributed by atoms with Crippen LogP contribution in [0.1, 0.15) is 35.4 Å². The second kappa shape index (κ2) is 8.70. The Morgan fingerprint density at radius 2 is 2.09 bits per heavy atom. The van der Waals surface area contributed by atoms with Gasteiger partial charge in [0.1, 0.15) is 30.0 Å². The number of amides is 1. The Balaban J connectivity index is 1.27. The number of halogens is 1. The van der Waals surface area contributed by atoms with Crippen LogP contribution >= 0.6 is 0 Å². The minimum Gasteiger partial charge on any atom is -0.473 e. The SMILES string of the molecule is Cc1onc(-c2ccc(F)cc2)c1COc1ccc2c(n1)CCN(C(=O)C1CCCO1)C2. The zero-order valence-electron chi connectivity index (χ0n) is 17.8. The molecule has 4 heterocycles. The lowest BCUT2D eigenvalue weighted by molar-refractivity contribution is -0.141. The Hall–Kier alpha value is -3.26. The molecule has 32 heavy (non-hydrogen) atoms. The lowest BCUT2D eigenvalue weighted by atomic mass is 10.0. The van der Waals surface area contributed by atoms with Gasteiger partial charge in [0.15, 0.2) is 0 Å². The standard InChI is InChI=1S/C24H24FN3O4/c1-15-19(23(27-32-15)16-4-7-18(25)8-5-16)14-31-22-9-6-17-13-28(11-10-20(17)26-22)24(29)21-3-2-12-30-21/h4-9,21H,2-3,10-14H2,1H3. The second-order valence-electron chi connectivity index (χ2n) is 8.13. The van der Waals surface area contributed by atoms with Gasteiger partial charge in [-0.25, -0.2) is 9.37 Å². The number of ether oxygens (including phenoxy) is 2. The van der Waals surface area contributed by atoms with E-state index in [0.717, 1.165) is 35.2 Å². The topological polar surface area (TPSA) is 77.7 Å². The van der Waals surface area contributed by atoms with Crippen molar-refractivity contribution < 1.29 is 23.2 Å². The van der Waals surface area contributed by atoms with E-state index in [0.29, 0.717) is 43.5 Å². The van der Waals surface area contributed by atoms with Crippen molar-refractivity contribution in [2.24, 2.45) is 0 Å². The number of aromatic nitrogens is 2. The van der Waals surface area contributed by atoms with E-state index in [2.05, 4.69) is 10.1 Å². The summed E-state index contributed by atoms with van der Waals surface area (Å²) >= 11 is 0. The van der Waals surface area contributed by atoms with Crippen molar-refractivity contribution in [3.8, 4) is 17.1 Å². The maximum absolute atomic E-state index is 13.3.